The van der Waals surface area contributed by atoms with Crippen molar-refractivity contribution in [2.24, 2.45) is 0 Å². The third-order valence-corrected chi connectivity index (χ3v) is 4.18. The fourth-order valence-electron chi connectivity index (χ4n) is 2.61. The van der Waals surface area contributed by atoms with Crippen LogP contribution in [0.2, 0.25) is 5.02 Å². The summed E-state index contributed by atoms with van der Waals surface area (Å²) in [6.45, 7) is 0. The van der Waals surface area contributed by atoms with Crippen LogP contribution in [0, 0.1) is 5.82 Å². The molecule has 8 nitrogen and oxygen atoms in total. The molecular formula is C19H13ClFN5O3. The summed E-state index contributed by atoms with van der Waals surface area (Å²) < 4.78 is 25.0. The summed E-state index contributed by atoms with van der Waals surface area (Å²) in [7, 11) is 1.39. The Hall–Kier alpha value is -3.72. The maximum atomic E-state index is 14.3. The zero-order valence-corrected chi connectivity index (χ0v) is 15.7. The van der Waals surface area contributed by atoms with Crippen molar-refractivity contribution in [3.05, 3.63) is 65.2 Å². The topological polar surface area (TPSA) is 106 Å². The van der Waals surface area contributed by atoms with Crippen molar-refractivity contribution in [2.75, 3.05) is 12.4 Å². The lowest BCUT2D eigenvalue weighted by molar-refractivity contribution is 0.102. The number of rotatable bonds is 5. The number of H-pyrrole nitrogens is 1. The summed E-state index contributed by atoms with van der Waals surface area (Å²) in [5, 5.41) is 10.7. The van der Waals surface area contributed by atoms with Crippen LogP contribution in [-0.2, 0) is 0 Å². The van der Waals surface area contributed by atoms with Crippen molar-refractivity contribution in [3.8, 4) is 28.9 Å². The van der Waals surface area contributed by atoms with Crippen LogP contribution in [0.25, 0.3) is 23.0 Å². The molecule has 0 aliphatic carbocycles. The van der Waals surface area contributed by atoms with E-state index in [4.69, 9.17) is 20.8 Å². The van der Waals surface area contributed by atoms with Crippen LogP contribution in [0.1, 0.15) is 10.4 Å². The molecule has 0 spiro atoms. The number of ether oxygens (including phenoxy) is 1. The second-order valence-electron chi connectivity index (χ2n) is 5.86. The lowest BCUT2D eigenvalue weighted by Crippen LogP contribution is -2.15. The molecule has 3 aromatic heterocycles. The van der Waals surface area contributed by atoms with Gasteiger partial charge in [0.05, 0.1) is 17.7 Å². The van der Waals surface area contributed by atoms with Crippen molar-refractivity contribution < 1.29 is 18.3 Å². The van der Waals surface area contributed by atoms with Gasteiger partial charge in [-0.1, -0.05) is 11.6 Å². The number of anilines is 1. The molecule has 29 heavy (non-hydrogen) atoms. The van der Waals surface area contributed by atoms with E-state index in [1.165, 1.54) is 31.5 Å². The molecule has 1 aromatic carbocycles. The number of nitrogens with one attached hydrogen (secondary N) is 2. The standard InChI is InChI=1S/C19H13ClFN5O3/c1-28-18-15(8-11(20)9-23-18)24-16(27)12-7-10(4-5-13(12)21)17-25-26-19(29-17)14-3-2-6-22-14/h2-9,22H,1H3,(H,24,27). The molecule has 4 aromatic rings. The highest BCUT2D eigenvalue weighted by Gasteiger charge is 2.18. The Bertz CT molecular complexity index is 1180. The minimum absolute atomic E-state index is 0.144. The largest absolute Gasteiger partial charge is 0.480 e. The number of nitrogens with zero attached hydrogens (tertiary/aromatic N) is 3. The normalized spacial score (nSPS) is 10.7. The van der Waals surface area contributed by atoms with E-state index < -0.39 is 11.7 Å². The summed E-state index contributed by atoms with van der Waals surface area (Å²) in [6.07, 6.45) is 3.09. The van der Waals surface area contributed by atoms with Gasteiger partial charge in [0.15, 0.2) is 0 Å². The summed E-state index contributed by atoms with van der Waals surface area (Å²) in [6, 6.07) is 8.93. The van der Waals surface area contributed by atoms with Crippen LogP contribution >= 0.6 is 11.6 Å². The highest BCUT2D eigenvalue weighted by molar-refractivity contribution is 6.30. The van der Waals surface area contributed by atoms with E-state index >= 15 is 0 Å². The Morgan fingerprint density at radius 3 is 2.83 bits per heavy atom. The van der Waals surface area contributed by atoms with Gasteiger partial charge < -0.3 is 19.5 Å². The maximum Gasteiger partial charge on any atom is 0.264 e. The predicted molar refractivity (Wildman–Crippen MR) is 103 cm³/mol. The minimum Gasteiger partial charge on any atom is -0.480 e. The Kier molecular flexibility index (Phi) is 4.96. The average Bonchev–Trinajstić information content (AvgIpc) is 3.40. The molecule has 0 radical (unpaired) electrons. The van der Waals surface area contributed by atoms with Crippen LogP contribution < -0.4 is 10.1 Å². The summed E-state index contributed by atoms with van der Waals surface area (Å²) in [5.74, 6) is -0.868. The van der Waals surface area contributed by atoms with Crippen molar-refractivity contribution in [1.29, 1.82) is 0 Å². The minimum atomic E-state index is -0.718. The molecule has 3 heterocycles. The SMILES string of the molecule is COc1ncc(Cl)cc1NC(=O)c1cc(-c2nnc(-c3ccc[nH]3)o2)ccc1F. The molecule has 0 bridgehead atoms. The molecular weight excluding hydrogens is 401 g/mol. The third-order valence-electron chi connectivity index (χ3n) is 3.97. The second kappa shape index (κ2) is 7.72. The maximum absolute atomic E-state index is 14.3. The number of pyridine rings is 1. The van der Waals surface area contributed by atoms with Crippen molar-refractivity contribution in [2.45, 2.75) is 0 Å². The number of hydrogen-bond acceptors (Lipinski definition) is 6. The van der Waals surface area contributed by atoms with Gasteiger partial charge in [-0.15, -0.1) is 10.2 Å². The molecule has 146 valence electrons. The van der Waals surface area contributed by atoms with Gasteiger partial charge >= 0.3 is 0 Å². The zero-order chi connectivity index (χ0) is 20.4. The first-order valence-corrected chi connectivity index (χ1v) is 8.71. The number of carbonyl (C=O) groups excluding carboxylic acids is 1. The molecule has 0 atom stereocenters. The first-order chi connectivity index (χ1) is 14.0. The van der Waals surface area contributed by atoms with E-state index in [1.54, 1.807) is 18.3 Å². The molecule has 1 amide bonds. The smallest absolute Gasteiger partial charge is 0.264 e. The molecule has 2 N–H and O–H groups in total. The lowest BCUT2D eigenvalue weighted by atomic mass is 10.1. The quantitative estimate of drug-likeness (QED) is 0.508. The Morgan fingerprint density at radius 1 is 1.24 bits per heavy atom. The molecule has 0 aliphatic rings. The van der Waals surface area contributed by atoms with E-state index in [2.05, 4.69) is 25.5 Å². The molecule has 0 saturated heterocycles. The Balaban J connectivity index is 1.64. The van der Waals surface area contributed by atoms with Gasteiger partial charge in [-0.25, -0.2) is 9.37 Å². The predicted octanol–water partition coefficient (Wildman–Crippen LogP) is 4.18. The van der Waals surface area contributed by atoms with Crippen LogP contribution in [-0.4, -0.2) is 33.2 Å². The summed E-state index contributed by atoms with van der Waals surface area (Å²) in [4.78, 5) is 19.6. The van der Waals surface area contributed by atoms with E-state index in [-0.39, 0.29) is 33.9 Å². The Labute approximate surface area is 168 Å². The van der Waals surface area contributed by atoms with Gasteiger partial charge in [0.25, 0.3) is 11.8 Å². The zero-order valence-electron chi connectivity index (χ0n) is 14.9. The highest BCUT2D eigenvalue weighted by atomic mass is 35.5. The molecule has 0 aliphatic heterocycles. The second-order valence-corrected chi connectivity index (χ2v) is 6.29. The van der Waals surface area contributed by atoms with Gasteiger partial charge in [-0.05, 0) is 36.4 Å². The van der Waals surface area contributed by atoms with Crippen molar-refractivity contribution in [1.82, 2.24) is 20.2 Å². The molecule has 0 fully saturated rings. The van der Waals surface area contributed by atoms with Gasteiger partial charge in [-0.3, -0.25) is 4.79 Å². The number of amides is 1. The van der Waals surface area contributed by atoms with Crippen molar-refractivity contribution >= 4 is 23.2 Å². The number of benzene rings is 1. The van der Waals surface area contributed by atoms with Gasteiger partial charge in [0.1, 0.15) is 17.2 Å². The van der Waals surface area contributed by atoms with E-state index in [1.807, 2.05) is 0 Å². The average molecular weight is 414 g/mol. The third kappa shape index (κ3) is 3.81. The molecule has 0 unspecified atom stereocenters. The van der Waals surface area contributed by atoms with E-state index in [9.17, 15) is 9.18 Å². The van der Waals surface area contributed by atoms with Gasteiger partial charge in [0, 0.05) is 18.0 Å². The number of aromatic nitrogens is 4. The molecule has 0 saturated carbocycles. The van der Waals surface area contributed by atoms with E-state index in [0.717, 1.165) is 6.07 Å². The van der Waals surface area contributed by atoms with Gasteiger partial charge in [-0.2, -0.15) is 0 Å². The Morgan fingerprint density at radius 2 is 2.07 bits per heavy atom. The summed E-state index contributed by atoms with van der Waals surface area (Å²) in [5.41, 5.74) is 1.02. The molecule has 4 rings (SSSR count). The van der Waals surface area contributed by atoms with Crippen LogP contribution in [0.3, 0.4) is 0 Å². The number of carbonyl (C=O) groups is 1. The number of halogens is 2. The van der Waals surface area contributed by atoms with Crippen LogP contribution in [0.4, 0.5) is 10.1 Å². The fourth-order valence-corrected chi connectivity index (χ4v) is 2.77. The first-order valence-electron chi connectivity index (χ1n) is 8.33. The first kappa shape index (κ1) is 18.6. The van der Waals surface area contributed by atoms with Crippen LogP contribution in [0.5, 0.6) is 5.88 Å². The van der Waals surface area contributed by atoms with Crippen LogP contribution in [0.15, 0.2) is 53.2 Å². The number of aromatic amines is 1. The van der Waals surface area contributed by atoms with E-state index in [0.29, 0.717) is 11.3 Å². The number of methoxy groups -OCH3 is 1. The lowest BCUT2D eigenvalue weighted by Gasteiger charge is -2.10. The van der Waals surface area contributed by atoms with Crippen molar-refractivity contribution in [3.63, 3.8) is 0 Å². The highest BCUT2D eigenvalue weighted by Crippen LogP contribution is 2.27. The molecule has 10 heteroatoms. The monoisotopic (exact) mass is 413 g/mol. The summed E-state index contributed by atoms with van der Waals surface area (Å²) >= 11 is 5.91. The van der Waals surface area contributed by atoms with Gasteiger partial charge in [0.2, 0.25) is 11.8 Å². The fraction of sp³-hybridized carbons (Fsp3) is 0.0526. The number of hydrogen-bond donors (Lipinski definition) is 2.